The standard InChI is InChI=1S/C18H20FN3O4S.ClH/c19-16-6-5-15(21-18(23)14-3-1-13(12-20)2-4-14)11-17(16)27(24,25)22-7-9-26-10-8-22;/h1-6,11H,7-10,12,20H2,(H,21,23);1H. The Morgan fingerprint density at radius 1 is 1.14 bits per heavy atom. The second-order valence-corrected chi connectivity index (χ2v) is 7.92. The molecule has 2 aromatic rings. The molecule has 0 aromatic heterocycles. The Kier molecular flexibility index (Phi) is 7.50. The fraction of sp³-hybridized carbons (Fsp3) is 0.278. The van der Waals surface area contributed by atoms with E-state index in [-0.39, 0.29) is 44.4 Å². The lowest BCUT2D eigenvalue weighted by atomic mass is 10.1. The zero-order chi connectivity index (χ0) is 19.4. The predicted octanol–water partition coefficient (Wildman–Crippen LogP) is 1.98. The Balaban J connectivity index is 0.00000280. The van der Waals surface area contributed by atoms with Gasteiger partial charge in [0.1, 0.15) is 10.7 Å². The minimum absolute atomic E-state index is 0. The van der Waals surface area contributed by atoms with Crippen LogP contribution in [-0.4, -0.2) is 44.9 Å². The van der Waals surface area contributed by atoms with Gasteiger partial charge in [-0.1, -0.05) is 12.1 Å². The number of ether oxygens (including phenoxy) is 1. The van der Waals surface area contributed by atoms with Crippen molar-refractivity contribution in [1.29, 1.82) is 0 Å². The third-order valence-electron chi connectivity index (χ3n) is 4.23. The zero-order valence-electron chi connectivity index (χ0n) is 14.9. The molecule has 152 valence electrons. The molecule has 1 aliphatic rings. The van der Waals surface area contributed by atoms with Crippen molar-refractivity contribution >= 4 is 34.0 Å². The molecule has 1 heterocycles. The first-order valence-electron chi connectivity index (χ1n) is 8.39. The number of nitrogens with zero attached hydrogens (tertiary/aromatic N) is 1. The number of anilines is 1. The molecular formula is C18H21ClFN3O4S. The summed E-state index contributed by atoms with van der Waals surface area (Å²) in [6.07, 6.45) is 0. The summed E-state index contributed by atoms with van der Waals surface area (Å²) in [5, 5.41) is 2.59. The average Bonchev–Trinajstić information content (AvgIpc) is 2.70. The van der Waals surface area contributed by atoms with Gasteiger partial charge < -0.3 is 15.8 Å². The molecule has 0 aliphatic carbocycles. The summed E-state index contributed by atoms with van der Waals surface area (Å²) >= 11 is 0. The van der Waals surface area contributed by atoms with Gasteiger partial charge in [0.05, 0.1) is 13.2 Å². The highest BCUT2D eigenvalue weighted by Gasteiger charge is 2.29. The van der Waals surface area contributed by atoms with Crippen LogP contribution in [0.25, 0.3) is 0 Å². The maximum Gasteiger partial charge on any atom is 0.255 e. The number of hydrogen-bond donors (Lipinski definition) is 2. The molecule has 28 heavy (non-hydrogen) atoms. The second-order valence-electron chi connectivity index (χ2n) is 6.02. The molecule has 1 amide bonds. The molecule has 0 bridgehead atoms. The van der Waals surface area contributed by atoms with Gasteiger partial charge in [-0.3, -0.25) is 4.79 Å². The van der Waals surface area contributed by atoms with Gasteiger partial charge in [0, 0.05) is 30.9 Å². The topological polar surface area (TPSA) is 102 Å². The van der Waals surface area contributed by atoms with E-state index in [9.17, 15) is 17.6 Å². The molecule has 3 N–H and O–H groups in total. The highest BCUT2D eigenvalue weighted by atomic mass is 35.5. The largest absolute Gasteiger partial charge is 0.379 e. The van der Waals surface area contributed by atoms with Crippen molar-refractivity contribution < 1.29 is 22.3 Å². The summed E-state index contributed by atoms with van der Waals surface area (Å²) in [5.41, 5.74) is 6.98. The van der Waals surface area contributed by atoms with E-state index in [2.05, 4.69) is 5.32 Å². The van der Waals surface area contributed by atoms with Crippen LogP contribution >= 0.6 is 12.4 Å². The van der Waals surface area contributed by atoms with Crippen LogP contribution in [0.1, 0.15) is 15.9 Å². The van der Waals surface area contributed by atoms with E-state index in [1.165, 1.54) is 10.4 Å². The maximum absolute atomic E-state index is 14.2. The monoisotopic (exact) mass is 429 g/mol. The molecule has 3 rings (SSSR count). The van der Waals surface area contributed by atoms with Gasteiger partial charge >= 0.3 is 0 Å². The number of rotatable bonds is 5. The third kappa shape index (κ3) is 4.86. The number of nitrogens with two attached hydrogens (primary N) is 1. The molecule has 0 radical (unpaired) electrons. The van der Waals surface area contributed by atoms with Crippen LogP contribution in [0.15, 0.2) is 47.4 Å². The van der Waals surface area contributed by atoms with Crippen LogP contribution in [0.2, 0.25) is 0 Å². The third-order valence-corrected chi connectivity index (χ3v) is 6.14. The highest BCUT2D eigenvalue weighted by molar-refractivity contribution is 7.89. The van der Waals surface area contributed by atoms with Crippen molar-refractivity contribution in [2.24, 2.45) is 5.73 Å². The normalized spacial score (nSPS) is 14.9. The van der Waals surface area contributed by atoms with E-state index in [1.54, 1.807) is 24.3 Å². The zero-order valence-corrected chi connectivity index (χ0v) is 16.6. The Morgan fingerprint density at radius 2 is 1.79 bits per heavy atom. The van der Waals surface area contributed by atoms with Crippen LogP contribution in [0, 0.1) is 5.82 Å². The SMILES string of the molecule is Cl.NCc1ccc(C(=O)Nc2ccc(F)c(S(=O)(=O)N3CCOCC3)c2)cc1. The first-order valence-corrected chi connectivity index (χ1v) is 9.83. The molecule has 1 fully saturated rings. The van der Waals surface area contributed by atoms with E-state index in [4.69, 9.17) is 10.5 Å². The summed E-state index contributed by atoms with van der Waals surface area (Å²) < 4.78 is 45.9. The van der Waals surface area contributed by atoms with Gasteiger partial charge in [-0.25, -0.2) is 12.8 Å². The van der Waals surface area contributed by atoms with Gasteiger partial charge in [0.15, 0.2) is 0 Å². The highest BCUT2D eigenvalue weighted by Crippen LogP contribution is 2.24. The first-order chi connectivity index (χ1) is 12.9. The number of benzene rings is 2. The van der Waals surface area contributed by atoms with Gasteiger partial charge in [0.2, 0.25) is 10.0 Å². The minimum Gasteiger partial charge on any atom is -0.379 e. The van der Waals surface area contributed by atoms with Crippen molar-refractivity contribution in [2.45, 2.75) is 11.4 Å². The van der Waals surface area contributed by atoms with Crippen LogP contribution in [0.4, 0.5) is 10.1 Å². The number of carbonyl (C=O) groups is 1. The van der Waals surface area contributed by atoms with Crippen molar-refractivity contribution in [3.63, 3.8) is 0 Å². The quantitative estimate of drug-likeness (QED) is 0.756. The van der Waals surface area contributed by atoms with E-state index < -0.39 is 26.6 Å². The fourth-order valence-electron chi connectivity index (χ4n) is 2.70. The van der Waals surface area contributed by atoms with Crippen LogP contribution in [0.3, 0.4) is 0 Å². The van der Waals surface area contributed by atoms with Crippen LogP contribution in [0.5, 0.6) is 0 Å². The maximum atomic E-state index is 14.2. The van der Waals surface area contributed by atoms with Crippen LogP contribution < -0.4 is 11.1 Å². The number of carbonyl (C=O) groups excluding carboxylic acids is 1. The number of amides is 1. The molecule has 0 atom stereocenters. The minimum atomic E-state index is -4.01. The lowest BCUT2D eigenvalue weighted by molar-refractivity contribution is 0.0729. The Labute approximate surface area is 169 Å². The molecule has 0 unspecified atom stereocenters. The Hall–Kier alpha value is -2.04. The molecular weight excluding hydrogens is 409 g/mol. The van der Waals surface area contributed by atoms with E-state index >= 15 is 0 Å². The van der Waals surface area contributed by atoms with Crippen molar-refractivity contribution in [2.75, 3.05) is 31.6 Å². The molecule has 7 nitrogen and oxygen atoms in total. The van der Waals surface area contributed by atoms with Crippen molar-refractivity contribution in [1.82, 2.24) is 4.31 Å². The van der Waals surface area contributed by atoms with Crippen molar-refractivity contribution in [3.05, 3.63) is 59.4 Å². The molecule has 2 aromatic carbocycles. The number of sulfonamides is 1. The van der Waals surface area contributed by atoms with Gasteiger partial charge in [0.25, 0.3) is 5.91 Å². The molecule has 0 spiro atoms. The van der Waals surface area contributed by atoms with E-state index in [0.29, 0.717) is 12.1 Å². The summed E-state index contributed by atoms with van der Waals surface area (Å²) in [6, 6.07) is 10.2. The average molecular weight is 430 g/mol. The smallest absolute Gasteiger partial charge is 0.255 e. The Morgan fingerprint density at radius 3 is 2.39 bits per heavy atom. The lowest BCUT2D eigenvalue weighted by Crippen LogP contribution is -2.40. The number of morpholine rings is 1. The van der Waals surface area contributed by atoms with Gasteiger partial charge in [-0.15, -0.1) is 12.4 Å². The van der Waals surface area contributed by atoms with Gasteiger partial charge in [-0.05, 0) is 35.9 Å². The number of hydrogen-bond acceptors (Lipinski definition) is 5. The van der Waals surface area contributed by atoms with Crippen LogP contribution in [-0.2, 0) is 21.3 Å². The van der Waals surface area contributed by atoms with Crippen molar-refractivity contribution in [3.8, 4) is 0 Å². The molecule has 1 saturated heterocycles. The first kappa shape index (κ1) is 22.3. The van der Waals surface area contributed by atoms with E-state index in [1.807, 2.05) is 0 Å². The molecule has 1 aliphatic heterocycles. The fourth-order valence-corrected chi connectivity index (χ4v) is 4.20. The lowest BCUT2D eigenvalue weighted by Gasteiger charge is -2.26. The summed E-state index contributed by atoms with van der Waals surface area (Å²) in [6.45, 7) is 1.20. The number of nitrogens with one attached hydrogen (secondary N) is 1. The summed E-state index contributed by atoms with van der Waals surface area (Å²) in [4.78, 5) is 11.9. The summed E-state index contributed by atoms with van der Waals surface area (Å²) in [5.74, 6) is -1.30. The predicted molar refractivity (Wildman–Crippen MR) is 106 cm³/mol. The Bertz CT molecular complexity index is 932. The second kappa shape index (κ2) is 9.44. The summed E-state index contributed by atoms with van der Waals surface area (Å²) in [7, 11) is -4.01. The van der Waals surface area contributed by atoms with Gasteiger partial charge in [-0.2, -0.15) is 4.31 Å². The molecule has 10 heteroatoms. The number of halogens is 2. The van der Waals surface area contributed by atoms with E-state index in [0.717, 1.165) is 17.7 Å². The molecule has 0 saturated carbocycles.